The summed E-state index contributed by atoms with van der Waals surface area (Å²) in [5.41, 5.74) is 2.53. The molecule has 1 unspecified atom stereocenters. The quantitative estimate of drug-likeness (QED) is 0.936. The number of thiophene rings is 1. The van der Waals surface area contributed by atoms with Gasteiger partial charge in [-0.05, 0) is 30.0 Å². The molecule has 2 aromatic heterocycles. The van der Waals surface area contributed by atoms with Gasteiger partial charge >= 0.3 is 0 Å². The van der Waals surface area contributed by atoms with Gasteiger partial charge in [-0.15, -0.1) is 11.3 Å². The molecule has 3 rings (SSSR count). The Bertz CT molecular complexity index is 567. The molecule has 0 saturated carbocycles. The molecule has 0 radical (unpaired) electrons. The lowest BCUT2D eigenvalue weighted by molar-refractivity contribution is 0.397. The molecule has 2 heterocycles. The number of fused-ring (bicyclic) bond motifs is 1. The first kappa shape index (κ1) is 12.9. The molecule has 0 aliphatic heterocycles. The number of aromatic nitrogens is 1. The molecule has 1 N–H and O–H groups in total. The van der Waals surface area contributed by atoms with Crippen LogP contribution in [0.2, 0.25) is 4.34 Å². The number of hydrogen-bond acceptors (Lipinski definition) is 4. The van der Waals surface area contributed by atoms with Crippen molar-refractivity contribution in [2.45, 2.75) is 25.4 Å². The van der Waals surface area contributed by atoms with Crippen LogP contribution in [0.3, 0.4) is 0 Å². The summed E-state index contributed by atoms with van der Waals surface area (Å²) >= 11 is 7.76. The maximum Gasteiger partial charge on any atom is 0.212 e. The van der Waals surface area contributed by atoms with Crippen molar-refractivity contribution in [1.82, 2.24) is 10.3 Å². The van der Waals surface area contributed by atoms with E-state index in [-0.39, 0.29) is 0 Å². The van der Waals surface area contributed by atoms with E-state index < -0.39 is 0 Å². The Labute approximate surface area is 121 Å². The number of hydrogen-bond donors (Lipinski definition) is 1. The molecule has 1 aliphatic rings. The molecule has 0 fully saturated rings. The second-order valence-corrected chi connectivity index (χ2v) is 6.38. The Morgan fingerprint density at radius 3 is 3.16 bits per heavy atom. The summed E-state index contributed by atoms with van der Waals surface area (Å²) < 4.78 is 5.94. The fourth-order valence-corrected chi connectivity index (χ4v) is 3.78. The average molecular weight is 295 g/mol. The van der Waals surface area contributed by atoms with Gasteiger partial charge in [-0.3, -0.25) is 0 Å². The lowest BCUT2D eigenvalue weighted by Crippen LogP contribution is -2.18. The largest absolute Gasteiger partial charge is 0.481 e. The van der Waals surface area contributed by atoms with Gasteiger partial charge in [-0.2, -0.15) is 0 Å². The van der Waals surface area contributed by atoms with Crippen LogP contribution >= 0.6 is 22.9 Å². The highest BCUT2D eigenvalue weighted by Crippen LogP contribution is 2.39. The first-order valence-electron chi connectivity index (χ1n) is 6.26. The van der Waals surface area contributed by atoms with Crippen LogP contribution in [0.15, 0.2) is 24.4 Å². The molecular weight excluding hydrogens is 280 g/mol. The third kappa shape index (κ3) is 2.76. The Balaban J connectivity index is 1.63. The van der Waals surface area contributed by atoms with Gasteiger partial charge in [-0.25, -0.2) is 4.98 Å². The fourth-order valence-electron chi connectivity index (χ4n) is 2.42. The number of pyridine rings is 1. The number of rotatable bonds is 4. The first-order chi connectivity index (χ1) is 9.26. The van der Waals surface area contributed by atoms with E-state index >= 15 is 0 Å². The monoisotopic (exact) mass is 294 g/mol. The van der Waals surface area contributed by atoms with Crippen LogP contribution in [-0.4, -0.2) is 12.1 Å². The standard InChI is InChI=1S/C14H15ClN2OS/c1-18-14-5-2-9(8-17-14)7-16-11-3-4-12-10(11)6-13(15)19-12/h2,5-6,8,11,16H,3-4,7H2,1H3. The molecule has 0 aromatic carbocycles. The molecule has 0 bridgehead atoms. The molecule has 0 spiro atoms. The van der Waals surface area contributed by atoms with Crippen LogP contribution in [0.4, 0.5) is 0 Å². The highest BCUT2D eigenvalue weighted by Gasteiger charge is 2.24. The molecule has 0 amide bonds. The van der Waals surface area contributed by atoms with Gasteiger partial charge in [0.1, 0.15) is 0 Å². The Kier molecular flexibility index (Phi) is 3.73. The summed E-state index contributed by atoms with van der Waals surface area (Å²) in [7, 11) is 1.63. The van der Waals surface area contributed by atoms with E-state index in [0.29, 0.717) is 11.9 Å². The summed E-state index contributed by atoms with van der Waals surface area (Å²) in [6, 6.07) is 6.44. The van der Waals surface area contributed by atoms with Crippen molar-refractivity contribution in [3.63, 3.8) is 0 Å². The molecule has 5 heteroatoms. The normalized spacial score (nSPS) is 17.5. The van der Waals surface area contributed by atoms with Crippen LogP contribution < -0.4 is 10.1 Å². The third-order valence-corrected chi connectivity index (χ3v) is 4.75. The minimum Gasteiger partial charge on any atom is -0.481 e. The molecule has 2 aromatic rings. The van der Waals surface area contributed by atoms with E-state index in [1.54, 1.807) is 18.4 Å². The van der Waals surface area contributed by atoms with Gasteiger partial charge in [-0.1, -0.05) is 17.7 Å². The summed E-state index contributed by atoms with van der Waals surface area (Å²) in [6.45, 7) is 0.814. The van der Waals surface area contributed by atoms with Crippen LogP contribution in [-0.2, 0) is 13.0 Å². The highest BCUT2D eigenvalue weighted by molar-refractivity contribution is 7.16. The highest BCUT2D eigenvalue weighted by atomic mass is 35.5. The maximum atomic E-state index is 6.06. The predicted octanol–water partition coefficient (Wildman–Crippen LogP) is 3.58. The van der Waals surface area contributed by atoms with Gasteiger partial charge < -0.3 is 10.1 Å². The summed E-state index contributed by atoms with van der Waals surface area (Å²) in [5.74, 6) is 0.650. The summed E-state index contributed by atoms with van der Waals surface area (Å²) in [4.78, 5) is 5.64. The van der Waals surface area contributed by atoms with Gasteiger partial charge in [0.25, 0.3) is 0 Å². The van der Waals surface area contributed by atoms with E-state index in [0.717, 1.165) is 29.3 Å². The van der Waals surface area contributed by atoms with Crippen LogP contribution in [0.5, 0.6) is 5.88 Å². The van der Waals surface area contributed by atoms with Crippen molar-refractivity contribution in [3.05, 3.63) is 44.7 Å². The molecular formula is C14H15ClN2OS. The molecule has 1 atom stereocenters. The molecule has 1 aliphatic carbocycles. The maximum absolute atomic E-state index is 6.06. The van der Waals surface area contributed by atoms with Crippen LogP contribution in [0.1, 0.15) is 28.5 Å². The fraction of sp³-hybridized carbons (Fsp3) is 0.357. The summed E-state index contributed by atoms with van der Waals surface area (Å²) in [6.07, 6.45) is 4.13. The molecule has 19 heavy (non-hydrogen) atoms. The van der Waals surface area contributed by atoms with Crippen molar-refractivity contribution in [1.29, 1.82) is 0 Å². The number of nitrogens with zero attached hydrogens (tertiary/aromatic N) is 1. The minimum absolute atomic E-state index is 0.417. The van der Waals surface area contributed by atoms with Gasteiger partial charge in [0.2, 0.25) is 5.88 Å². The van der Waals surface area contributed by atoms with Crippen molar-refractivity contribution < 1.29 is 4.74 Å². The van der Waals surface area contributed by atoms with Gasteiger partial charge in [0.05, 0.1) is 11.4 Å². The van der Waals surface area contributed by atoms with E-state index in [2.05, 4.69) is 16.4 Å². The van der Waals surface area contributed by atoms with Crippen molar-refractivity contribution in [3.8, 4) is 5.88 Å². The number of ether oxygens (including phenoxy) is 1. The zero-order valence-corrected chi connectivity index (χ0v) is 12.2. The molecule has 0 saturated heterocycles. The zero-order valence-electron chi connectivity index (χ0n) is 10.6. The number of nitrogens with one attached hydrogen (secondary N) is 1. The van der Waals surface area contributed by atoms with Crippen LogP contribution in [0, 0.1) is 0 Å². The van der Waals surface area contributed by atoms with Gasteiger partial charge in [0.15, 0.2) is 0 Å². The van der Waals surface area contributed by atoms with E-state index in [9.17, 15) is 0 Å². The van der Waals surface area contributed by atoms with E-state index in [4.69, 9.17) is 16.3 Å². The average Bonchev–Trinajstić information content (AvgIpc) is 2.96. The third-order valence-electron chi connectivity index (χ3n) is 3.41. The van der Waals surface area contributed by atoms with Crippen molar-refractivity contribution in [2.75, 3.05) is 7.11 Å². The number of methoxy groups -OCH3 is 1. The summed E-state index contributed by atoms with van der Waals surface area (Å²) in [5, 5.41) is 3.57. The lowest BCUT2D eigenvalue weighted by atomic mass is 10.1. The SMILES string of the molecule is COc1ccc(CNC2CCc3sc(Cl)cc32)cn1. The first-order valence-corrected chi connectivity index (χ1v) is 7.46. The van der Waals surface area contributed by atoms with Crippen molar-refractivity contribution in [2.24, 2.45) is 0 Å². The minimum atomic E-state index is 0.417. The van der Waals surface area contributed by atoms with Crippen molar-refractivity contribution >= 4 is 22.9 Å². The lowest BCUT2D eigenvalue weighted by Gasteiger charge is -2.12. The Morgan fingerprint density at radius 1 is 1.53 bits per heavy atom. The zero-order chi connectivity index (χ0) is 13.2. The molecule has 3 nitrogen and oxygen atoms in total. The second kappa shape index (κ2) is 5.49. The Hall–Kier alpha value is -1.10. The second-order valence-electron chi connectivity index (χ2n) is 4.61. The molecule has 100 valence electrons. The topological polar surface area (TPSA) is 34.1 Å². The predicted molar refractivity (Wildman–Crippen MR) is 78.0 cm³/mol. The number of halogens is 1. The Morgan fingerprint density at radius 2 is 2.42 bits per heavy atom. The van der Waals surface area contributed by atoms with Gasteiger partial charge in [0, 0.05) is 29.7 Å². The van der Waals surface area contributed by atoms with Crippen LogP contribution in [0.25, 0.3) is 0 Å². The smallest absolute Gasteiger partial charge is 0.212 e. The van der Waals surface area contributed by atoms with E-state index in [1.165, 1.54) is 10.4 Å². The number of aryl methyl sites for hydroxylation is 1. The van der Waals surface area contributed by atoms with E-state index in [1.807, 2.05) is 18.3 Å².